The monoisotopic (exact) mass is 450 g/mol. The summed E-state index contributed by atoms with van der Waals surface area (Å²) >= 11 is 0. The Morgan fingerprint density at radius 2 is 1.84 bits per heavy atom. The number of carbonyl (C=O) groups is 1. The first-order valence-corrected chi connectivity index (χ1v) is 11.9. The number of benzene rings is 2. The van der Waals surface area contributed by atoms with Gasteiger partial charge in [-0.2, -0.15) is 9.29 Å². The molecule has 1 fully saturated rings. The Kier molecular flexibility index (Phi) is 5.32. The Morgan fingerprint density at radius 3 is 2.62 bits per heavy atom. The van der Waals surface area contributed by atoms with E-state index in [9.17, 15) is 13.2 Å². The van der Waals surface area contributed by atoms with Crippen molar-refractivity contribution < 1.29 is 13.2 Å². The van der Waals surface area contributed by atoms with Crippen LogP contribution in [-0.4, -0.2) is 51.9 Å². The van der Waals surface area contributed by atoms with Gasteiger partial charge in [0.1, 0.15) is 5.52 Å². The maximum Gasteiger partial charge on any atom is 0.251 e. The first-order chi connectivity index (χ1) is 15.5. The Bertz CT molecular complexity index is 1400. The zero-order valence-electron chi connectivity index (χ0n) is 17.3. The molecule has 9 nitrogen and oxygen atoms in total. The molecule has 1 aliphatic heterocycles. The zero-order valence-corrected chi connectivity index (χ0v) is 18.1. The van der Waals surface area contributed by atoms with E-state index in [4.69, 9.17) is 0 Å². The molecule has 0 bridgehead atoms. The van der Waals surface area contributed by atoms with Crippen molar-refractivity contribution in [3.8, 4) is 0 Å². The second-order valence-corrected chi connectivity index (χ2v) is 9.75. The Morgan fingerprint density at radius 1 is 1.06 bits per heavy atom. The molecule has 0 radical (unpaired) electrons. The summed E-state index contributed by atoms with van der Waals surface area (Å²) in [5.41, 5.74) is 2.67. The molecule has 2 N–H and O–H groups in total. The lowest BCUT2D eigenvalue weighted by atomic mass is 10.1. The van der Waals surface area contributed by atoms with E-state index in [1.807, 2.05) is 30.3 Å². The van der Waals surface area contributed by atoms with Crippen LogP contribution in [0.5, 0.6) is 0 Å². The lowest BCUT2D eigenvalue weighted by Gasteiger charge is -2.15. The van der Waals surface area contributed by atoms with E-state index in [0.29, 0.717) is 48.0 Å². The topological polar surface area (TPSA) is 121 Å². The zero-order chi connectivity index (χ0) is 22.1. The van der Waals surface area contributed by atoms with Gasteiger partial charge in [0.15, 0.2) is 5.65 Å². The predicted octanol–water partition coefficient (Wildman–Crippen LogP) is 2.86. The lowest BCUT2D eigenvalue weighted by Crippen LogP contribution is -2.27. The molecule has 1 saturated heterocycles. The number of H-pyrrole nitrogens is 1. The fourth-order valence-corrected chi connectivity index (χ4v) is 5.47. The number of nitrogens with one attached hydrogen (secondary N) is 2. The van der Waals surface area contributed by atoms with Crippen LogP contribution in [0.1, 0.15) is 24.8 Å². The van der Waals surface area contributed by atoms with Gasteiger partial charge < -0.3 is 4.98 Å². The molecule has 1 amide bonds. The molecule has 1 aliphatic rings. The Labute approximate surface area is 184 Å². The molecule has 0 saturated carbocycles. The number of aryl methyl sites for hydroxylation is 1. The maximum atomic E-state index is 12.9. The molecule has 2 aromatic heterocycles. The second kappa shape index (κ2) is 8.29. The highest BCUT2D eigenvalue weighted by atomic mass is 32.2. The number of hydrogen-bond donors (Lipinski definition) is 2. The molecule has 5 rings (SSSR count). The third kappa shape index (κ3) is 3.94. The molecule has 164 valence electrons. The van der Waals surface area contributed by atoms with Crippen molar-refractivity contribution in [1.82, 2.24) is 24.5 Å². The quantitative estimate of drug-likeness (QED) is 0.466. The van der Waals surface area contributed by atoms with E-state index >= 15 is 0 Å². The number of amides is 1. The summed E-state index contributed by atoms with van der Waals surface area (Å²) in [5.74, 6) is -0.0999. The van der Waals surface area contributed by atoms with Crippen LogP contribution in [0.25, 0.3) is 22.1 Å². The number of carbonyl (C=O) groups excluding carboxylic acids is 1. The Balaban J connectivity index is 1.37. The van der Waals surface area contributed by atoms with Crippen molar-refractivity contribution >= 4 is 43.9 Å². The highest BCUT2D eigenvalue weighted by Gasteiger charge is 2.27. The van der Waals surface area contributed by atoms with Crippen LogP contribution in [0.4, 0.5) is 5.95 Å². The van der Waals surface area contributed by atoms with E-state index in [1.54, 1.807) is 18.2 Å². The average Bonchev–Trinajstić information content (AvgIpc) is 3.46. The summed E-state index contributed by atoms with van der Waals surface area (Å²) in [6, 6.07) is 14.7. The van der Waals surface area contributed by atoms with Gasteiger partial charge in [0.2, 0.25) is 15.9 Å². The van der Waals surface area contributed by atoms with E-state index in [1.165, 1.54) is 4.31 Å². The molecule has 4 aromatic rings. The van der Waals surface area contributed by atoms with Gasteiger partial charge in [-0.1, -0.05) is 30.3 Å². The van der Waals surface area contributed by atoms with Gasteiger partial charge in [-0.25, -0.2) is 8.42 Å². The van der Waals surface area contributed by atoms with E-state index < -0.39 is 10.0 Å². The molecule has 2 aromatic carbocycles. The number of aromatic amines is 1. The van der Waals surface area contributed by atoms with Crippen LogP contribution in [0.3, 0.4) is 0 Å². The van der Waals surface area contributed by atoms with Gasteiger partial charge in [0, 0.05) is 30.4 Å². The minimum atomic E-state index is -3.54. The number of hydrogen-bond acceptors (Lipinski definition) is 6. The third-order valence-corrected chi connectivity index (χ3v) is 7.52. The molecule has 0 atom stereocenters. The molecular formula is C22H22N6O3S. The van der Waals surface area contributed by atoms with Crippen molar-refractivity contribution in [3.63, 3.8) is 0 Å². The smallest absolute Gasteiger partial charge is 0.251 e. The first kappa shape index (κ1) is 20.5. The van der Waals surface area contributed by atoms with E-state index in [-0.39, 0.29) is 16.8 Å². The summed E-state index contributed by atoms with van der Waals surface area (Å²) in [6.45, 7) is 1.09. The fraction of sp³-hybridized carbons (Fsp3) is 0.273. The first-order valence-electron chi connectivity index (χ1n) is 10.5. The highest BCUT2D eigenvalue weighted by molar-refractivity contribution is 7.89. The summed E-state index contributed by atoms with van der Waals surface area (Å²) in [4.78, 5) is 20.0. The third-order valence-electron chi connectivity index (χ3n) is 5.62. The number of rotatable bonds is 6. The average molecular weight is 451 g/mol. The van der Waals surface area contributed by atoms with Gasteiger partial charge >= 0.3 is 0 Å². The van der Waals surface area contributed by atoms with E-state index in [2.05, 4.69) is 25.5 Å². The van der Waals surface area contributed by atoms with Gasteiger partial charge in [0.25, 0.3) is 5.95 Å². The molecule has 32 heavy (non-hydrogen) atoms. The second-order valence-electron chi connectivity index (χ2n) is 7.81. The standard InChI is InChI=1S/C22H22N6O3S/c29-19(11-8-15-6-2-1-3-7-15)24-22-25-21-20(26-27-22)17-14-16(9-10-18(17)23-21)32(30,31)28-12-4-5-13-28/h1-3,6-7,9-10,14H,4-5,8,11-13H2,(H2,23,24,25,27,29). The van der Waals surface area contributed by atoms with Crippen LogP contribution in [0, 0.1) is 0 Å². The molecule has 0 unspecified atom stereocenters. The number of nitrogens with zero attached hydrogens (tertiary/aromatic N) is 4. The van der Waals surface area contributed by atoms with Crippen molar-refractivity contribution in [2.24, 2.45) is 0 Å². The lowest BCUT2D eigenvalue weighted by molar-refractivity contribution is -0.116. The van der Waals surface area contributed by atoms with Crippen molar-refractivity contribution in [2.45, 2.75) is 30.6 Å². The summed E-state index contributed by atoms with van der Waals surface area (Å²) in [5, 5.41) is 11.5. The molecule has 0 spiro atoms. The van der Waals surface area contributed by atoms with Crippen molar-refractivity contribution in [1.29, 1.82) is 0 Å². The minimum absolute atomic E-state index is 0.104. The van der Waals surface area contributed by atoms with Gasteiger partial charge in [-0.05, 0) is 43.0 Å². The van der Waals surface area contributed by atoms with Crippen LogP contribution < -0.4 is 5.32 Å². The van der Waals surface area contributed by atoms with Crippen LogP contribution in [0.15, 0.2) is 53.4 Å². The maximum absolute atomic E-state index is 12.9. The van der Waals surface area contributed by atoms with Crippen LogP contribution in [-0.2, 0) is 21.2 Å². The number of fused-ring (bicyclic) bond motifs is 3. The predicted molar refractivity (Wildman–Crippen MR) is 121 cm³/mol. The molecular weight excluding hydrogens is 428 g/mol. The van der Waals surface area contributed by atoms with Crippen LogP contribution in [0.2, 0.25) is 0 Å². The summed E-state index contributed by atoms with van der Waals surface area (Å²) < 4.78 is 27.3. The molecule has 10 heteroatoms. The SMILES string of the molecule is O=C(CCc1ccccc1)Nc1nnc2c(n1)[nH]c1ccc(S(=O)(=O)N3CCCC3)cc12. The number of aromatic nitrogens is 4. The van der Waals surface area contributed by atoms with E-state index in [0.717, 1.165) is 18.4 Å². The van der Waals surface area contributed by atoms with Crippen molar-refractivity contribution in [2.75, 3.05) is 18.4 Å². The van der Waals surface area contributed by atoms with Crippen LogP contribution >= 0.6 is 0 Å². The fourth-order valence-electron chi connectivity index (χ4n) is 3.93. The normalized spacial score (nSPS) is 14.9. The minimum Gasteiger partial charge on any atom is -0.338 e. The number of anilines is 1. The van der Waals surface area contributed by atoms with Gasteiger partial charge in [0.05, 0.1) is 4.90 Å². The van der Waals surface area contributed by atoms with Gasteiger partial charge in [-0.3, -0.25) is 10.1 Å². The molecule has 0 aliphatic carbocycles. The van der Waals surface area contributed by atoms with Gasteiger partial charge in [-0.15, -0.1) is 10.2 Å². The largest absolute Gasteiger partial charge is 0.338 e. The van der Waals surface area contributed by atoms with Crippen molar-refractivity contribution in [3.05, 3.63) is 54.1 Å². The summed E-state index contributed by atoms with van der Waals surface area (Å²) in [7, 11) is -3.54. The number of sulfonamides is 1. The summed E-state index contributed by atoms with van der Waals surface area (Å²) in [6.07, 6.45) is 2.67. The highest BCUT2D eigenvalue weighted by Crippen LogP contribution is 2.28. The Hall–Kier alpha value is -3.37. The molecule has 3 heterocycles.